The Bertz CT molecular complexity index is 245. The van der Waals surface area contributed by atoms with E-state index in [0.717, 1.165) is 20.1 Å². The molecule has 0 unspecified atom stereocenters. The fourth-order valence-electron chi connectivity index (χ4n) is 0.560. The smallest absolute Gasteiger partial charge is 0.119 e. The second-order valence-electron chi connectivity index (χ2n) is 2.16. The Kier molecular flexibility index (Phi) is 2.26. The van der Waals surface area contributed by atoms with Gasteiger partial charge in [0.05, 0.1) is 9.48 Å². The van der Waals surface area contributed by atoms with Crippen LogP contribution in [0, 0.1) is 6.92 Å². The second-order valence-corrected chi connectivity index (χ2v) is 4.48. The van der Waals surface area contributed by atoms with E-state index in [0.29, 0.717) is 0 Å². The topological polar surface area (TPSA) is 12.9 Å². The first-order valence-electron chi connectivity index (χ1n) is 2.90. The number of nitrogens with zero attached hydrogens (tertiary/aromatic N) is 1. The van der Waals surface area contributed by atoms with Crippen LogP contribution < -0.4 is 0 Å². The summed E-state index contributed by atoms with van der Waals surface area (Å²) in [6, 6.07) is 0. The molecule has 1 aromatic rings. The number of aromatic nitrogens is 1. The molecule has 0 aliphatic heterocycles. The summed E-state index contributed by atoms with van der Waals surface area (Å²) in [6.45, 7) is 7.75. The number of allylic oxidation sites excluding steroid dienone is 1. The molecule has 0 spiro atoms. The fourth-order valence-corrected chi connectivity index (χ4v) is 1.83. The van der Waals surface area contributed by atoms with Gasteiger partial charge in [0.1, 0.15) is 5.01 Å². The molecule has 0 radical (unpaired) electrons. The van der Waals surface area contributed by atoms with Crippen LogP contribution in [-0.4, -0.2) is 4.98 Å². The van der Waals surface area contributed by atoms with Gasteiger partial charge in [0, 0.05) is 0 Å². The Labute approximate surface area is 72.9 Å². The average molecular weight is 218 g/mol. The van der Waals surface area contributed by atoms with Crippen molar-refractivity contribution in [3.63, 3.8) is 0 Å². The third-order valence-corrected chi connectivity index (χ3v) is 3.27. The van der Waals surface area contributed by atoms with Crippen LogP contribution in [0.5, 0.6) is 0 Å². The van der Waals surface area contributed by atoms with Gasteiger partial charge in [-0.3, -0.25) is 0 Å². The Hall–Kier alpha value is -0.150. The minimum Gasteiger partial charge on any atom is -0.241 e. The molecule has 0 aliphatic carbocycles. The number of hydrogen-bond acceptors (Lipinski definition) is 2. The lowest BCUT2D eigenvalue weighted by atomic mass is 10.4. The zero-order valence-electron chi connectivity index (χ0n) is 5.94. The van der Waals surface area contributed by atoms with Gasteiger partial charge in [-0.1, -0.05) is 6.58 Å². The van der Waals surface area contributed by atoms with Crippen LogP contribution >= 0.6 is 27.3 Å². The number of hydrogen-bond donors (Lipinski definition) is 0. The van der Waals surface area contributed by atoms with Crippen LogP contribution in [-0.2, 0) is 0 Å². The Morgan fingerprint density at radius 2 is 2.30 bits per heavy atom. The van der Waals surface area contributed by atoms with Crippen molar-refractivity contribution in [2.75, 3.05) is 0 Å². The number of aryl methyl sites for hydroxylation is 1. The van der Waals surface area contributed by atoms with Crippen LogP contribution in [0.3, 0.4) is 0 Å². The van der Waals surface area contributed by atoms with Gasteiger partial charge >= 0.3 is 0 Å². The quantitative estimate of drug-likeness (QED) is 0.705. The average Bonchev–Trinajstić information content (AvgIpc) is 2.13. The largest absolute Gasteiger partial charge is 0.241 e. The van der Waals surface area contributed by atoms with Gasteiger partial charge in [-0.25, -0.2) is 4.98 Å². The van der Waals surface area contributed by atoms with E-state index in [1.807, 2.05) is 13.8 Å². The highest BCUT2D eigenvalue weighted by Crippen LogP contribution is 2.27. The van der Waals surface area contributed by atoms with Crippen LogP contribution in [0.2, 0.25) is 0 Å². The molecule has 0 aromatic carbocycles. The summed E-state index contributed by atoms with van der Waals surface area (Å²) in [5.41, 5.74) is 2.07. The lowest BCUT2D eigenvalue weighted by Gasteiger charge is -1.85. The number of halogens is 1. The summed E-state index contributed by atoms with van der Waals surface area (Å²) in [5, 5.41) is 1.02. The summed E-state index contributed by atoms with van der Waals surface area (Å²) in [7, 11) is 0. The number of thiazole rings is 1. The summed E-state index contributed by atoms with van der Waals surface area (Å²) in [6.07, 6.45) is 0. The highest BCUT2D eigenvalue weighted by atomic mass is 79.9. The van der Waals surface area contributed by atoms with E-state index in [1.165, 1.54) is 0 Å². The fraction of sp³-hybridized carbons (Fsp3) is 0.286. The normalized spacial score (nSPS) is 9.90. The molecule has 0 bridgehead atoms. The van der Waals surface area contributed by atoms with E-state index in [1.54, 1.807) is 11.3 Å². The standard InChI is InChI=1S/C7H8BrNS/c1-4(2)7-9-5(3)6(8)10-7/h1H2,2-3H3. The molecule has 0 saturated carbocycles. The molecule has 10 heavy (non-hydrogen) atoms. The monoisotopic (exact) mass is 217 g/mol. The van der Waals surface area contributed by atoms with Crippen molar-refractivity contribution < 1.29 is 0 Å². The second kappa shape index (κ2) is 2.84. The maximum atomic E-state index is 4.28. The van der Waals surface area contributed by atoms with E-state index in [-0.39, 0.29) is 0 Å². The van der Waals surface area contributed by atoms with Gasteiger partial charge in [-0.05, 0) is 35.4 Å². The SMILES string of the molecule is C=C(C)c1nc(C)c(Br)s1. The third-order valence-electron chi connectivity index (χ3n) is 1.11. The summed E-state index contributed by atoms with van der Waals surface area (Å²) >= 11 is 5.03. The van der Waals surface area contributed by atoms with E-state index in [4.69, 9.17) is 0 Å². The zero-order valence-corrected chi connectivity index (χ0v) is 8.34. The van der Waals surface area contributed by atoms with Crippen molar-refractivity contribution in [3.8, 4) is 0 Å². The first kappa shape index (κ1) is 7.95. The van der Waals surface area contributed by atoms with Gasteiger partial charge < -0.3 is 0 Å². The molecule has 1 aromatic heterocycles. The van der Waals surface area contributed by atoms with Gasteiger partial charge in [-0.2, -0.15) is 0 Å². The minimum atomic E-state index is 1.02. The molecule has 3 heteroatoms. The molecular formula is C7H8BrNS. The lowest BCUT2D eigenvalue weighted by Crippen LogP contribution is -1.74. The van der Waals surface area contributed by atoms with E-state index in [9.17, 15) is 0 Å². The third kappa shape index (κ3) is 1.47. The van der Waals surface area contributed by atoms with E-state index < -0.39 is 0 Å². The highest BCUT2D eigenvalue weighted by Gasteiger charge is 2.03. The Morgan fingerprint density at radius 1 is 1.70 bits per heavy atom. The van der Waals surface area contributed by atoms with E-state index >= 15 is 0 Å². The molecular weight excluding hydrogens is 210 g/mol. The molecule has 0 fully saturated rings. The van der Waals surface area contributed by atoms with Crippen LogP contribution in [0.4, 0.5) is 0 Å². The van der Waals surface area contributed by atoms with Crippen molar-refractivity contribution in [3.05, 3.63) is 21.1 Å². The maximum absolute atomic E-state index is 4.28. The van der Waals surface area contributed by atoms with Crippen molar-refractivity contribution in [2.45, 2.75) is 13.8 Å². The van der Waals surface area contributed by atoms with Crippen LogP contribution in [0.25, 0.3) is 5.57 Å². The first-order valence-corrected chi connectivity index (χ1v) is 4.51. The summed E-state index contributed by atoms with van der Waals surface area (Å²) < 4.78 is 1.10. The molecule has 0 N–H and O–H groups in total. The Morgan fingerprint density at radius 3 is 2.50 bits per heavy atom. The predicted octanol–water partition coefficient (Wildman–Crippen LogP) is 3.25. The predicted molar refractivity (Wildman–Crippen MR) is 49.3 cm³/mol. The van der Waals surface area contributed by atoms with Gasteiger partial charge in [-0.15, -0.1) is 11.3 Å². The molecule has 1 rings (SSSR count). The zero-order chi connectivity index (χ0) is 7.72. The van der Waals surface area contributed by atoms with Crippen molar-refractivity contribution in [1.29, 1.82) is 0 Å². The Balaban J connectivity index is 3.10. The summed E-state index contributed by atoms with van der Waals surface area (Å²) in [5.74, 6) is 0. The van der Waals surface area contributed by atoms with Crippen molar-refractivity contribution >= 4 is 32.8 Å². The maximum Gasteiger partial charge on any atom is 0.119 e. The van der Waals surface area contributed by atoms with Gasteiger partial charge in [0.2, 0.25) is 0 Å². The molecule has 0 atom stereocenters. The van der Waals surface area contributed by atoms with Gasteiger partial charge in [0.15, 0.2) is 0 Å². The lowest BCUT2D eigenvalue weighted by molar-refractivity contribution is 1.23. The van der Waals surface area contributed by atoms with Crippen LogP contribution in [0.1, 0.15) is 17.6 Å². The first-order chi connectivity index (χ1) is 4.61. The summed E-state index contributed by atoms with van der Waals surface area (Å²) in [4.78, 5) is 4.28. The van der Waals surface area contributed by atoms with Crippen LogP contribution in [0.15, 0.2) is 10.4 Å². The molecule has 1 heterocycles. The minimum absolute atomic E-state index is 1.02. The molecule has 1 nitrogen and oxygen atoms in total. The van der Waals surface area contributed by atoms with Gasteiger partial charge in [0.25, 0.3) is 0 Å². The molecule has 0 saturated heterocycles. The molecule has 0 aliphatic rings. The number of rotatable bonds is 1. The molecule has 0 amide bonds. The van der Waals surface area contributed by atoms with E-state index in [2.05, 4.69) is 27.5 Å². The van der Waals surface area contributed by atoms with Crippen molar-refractivity contribution in [1.82, 2.24) is 4.98 Å². The van der Waals surface area contributed by atoms with Crippen molar-refractivity contribution in [2.24, 2.45) is 0 Å². The molecule has 54 valence electrons. The highest BCUT2D eigenvalue weighted by molar-refractivity contribution is 9.11.